The van der Waals surface area contributed by atoms with Crippen LogP contribution in [0.5, 0.6) is 5.75 Å². The van der Waals surface area contributed by atoms with Crippen molar-refractivity contribution < 1.29 is 4.74 Å². The largest absolute Gasteiger partial charge is 0.486 e. The van der Waals surface area contributed by atoms with E-state index in [-0.39, 0.29) is 5.56 Å². The summed E-state index contributed by atoms with van der Waals surface area (Å²) in [4.78, 5) is 17.6. The summed E-state index contributed by atoms with van der Waals surface area (Å²) in [5.74, 6) is 0.833. The fraction of sp³-hybridized carbons (Fsp3) is 0.167. The van der Waals surface area contributed by atoms with E-state index in [0.29, 0.717) is 22.5 Å². The SMILES string of the molecule is Cc1cccc(OCc2nn3c(=O)c4ccccc4nc3s2)c1C. The molecule has 0 saturated heterocycles. The number of nitrogens with zero attached hydrogens (tertiary/aromatic N) is 3. The molecule has 0 amide bonds. The van der Waals surface area contributed by atoms with Gasteiger partial charge in [0.2, 0.25) is 4.96 Å². The van der Waals surface area contributed by atoms with Gasteiger partial charge in [-0.3, -0.25) is 4.79 Å². The maximum atomic E-state index is 12.5. The highest BCUT2D eigenvalue weighted by molar-refractivity contribution is 7.16. The predicted molar refractivity (Wildman–Crippen MR) is 94.9 cm³/mol. The molecule has 0 spiro atoms. The van der Waals surface area contributed by atoms with E-state index in [1.54, 1.807) is 6.07 Å². The van der Waals surface area contributed by atoms with Crippen LogP contribution >= 0.6 is 11.3 Å². The summed E-state index contributed by atoms with van der Waals surface area (Å²) in [6.45, 7) is 4.39. The lowest BCUT2D eigenvalue weighted by Crippen LogP contribution is -2.15. The lowest BCUT2D eigenvalue weighted by molar-refractivity contribution is 0.301. The molecule has 0 unspecified atom stereocenters. The van der Waals surface area contributed by atoms with E-state index in [1.165, 1.54) is 21.4 Å². The van der Waals surface area contributed by atoms with Crippen LogP contribution in [0.2, 0.25) is 0 Å². The number of benzene rings is 2. The maximum absolute atomic E-state index is 12.5. The summed E-state index contributed by atoms with van der Waals surface area (Å²) < 4.78 is 7.23. The zero-order chi connectivity index (χ0) is 16.7. The molecule has 0 aliphatic rings. The fourth-order valence-electron chi connectivity index (χ4n) is 2.57. The summed E-state index contributed by atoms with van der Waals surface area (Å²) in [5.41, 5.74) is 2.83. The molecular weight excluding hydrogens is 322 g/mol. The van der Waals surface area contributed by atoms with E-state index < -0.39 is 0 Å². The Labute approximate surface area is 142 Å². The van der Waals surface area contributed by atoms with Crippen LogP contribution in [0, 0.1) is 13.8 Å². The number of aromatic nitrogens is 3. The highest BCUT2D eigenvalue weighted by atomic mass is 32.1. The first-order valence-electron chi connectivity index (χ1n) is 7.60. The van der Waals surface area contributed by atoms with E-state index in [0.717, 1.165) is 16.3 Å². The van der Waals surface area contributed by atoms with Crippen molar-refractivity contribution in [3.05, 3.63) is 69.0 Å². The third-order valence-electron chi connectivity index (χ3n) is 4.05. The van der Waals surface area contributed by atoms with E-state index in [2.05, 4.69) is 23.1 Å². The highest BCUT2D eigenvalue weighted by Crippen LogP contribution is 2.23. The molecule has 0 atom stereocenters. The summed E-state index contributed by atoms with van der Waals surface area (Å²) in [5, 5.41) is 5.65. The number of rotatable bonds is 3. The minimum absolute atomic E-state index is 0.148. The second-order valence-electron chi connectivity index (χ2n) is 5.61. The molecule has 2 aromatic heterocycles. The van der Waals surface area contributed by atoms with Crippen LogP contribution in [-0.2, 0) is 6.61 Å². The Morgan fingerprint density at radius 1 is 1.12 bits per heavy atom. The van der Waals surface area contributed by atoms with E-state index in [9.17, 15) is 4.79 Å². The topological polar surface area (TPSA) is 56.5 Å². The molecule has 0 saturated carbocycles. The number of fused-ring (bicyclic) bond motifs is 2. The Balaban J connectivity index is 1.70. The van der Waals surface area contributed by atoms with E-state index in [4.69, 9.17) is 4.74 Å². The van der Waals surface area contributed by atoms with Crippen LogP contribution in [0.3, 0.4) is 0 Å². The van der Waals surface area contributed by atoms with Gasteiger partial charge in [0.25, 0.3) is 5.56 Å². The molecule has 4 rings (SSSR count). The van der Waals surface area contributed by atoms with Crippen LogP contribution in [-0.4, -0.2) is 14.6 Å². The first-order valence-corrected chi connectivity index (χ1v) is 8.41. The van der Waals surface area contributed by atoms with Crippen molar-refractivity contribution in [3.8, 4) is 5.75 Å². The van der Waals surface area contributed by atoms with Gasteiger partial charge in [0, 0.05) is 0 Å². The van der Waals surface area contributed by atoms with Gasteiger partial charge in [0.1, 0.15) is 12.4 Å². The molecule has 0 aliphatic heterocycles. The molecule has 0 radical (unpaired) electrons. The van der Waals surface area contributed by atoms with Gasteiger partial charge >= 0.3 is 0 Å². The number of aryl methyl sites for hydroxylation is 1. The van der Waals surface area contributed by atoms with Crippen LogP contribution in [0.4, 0.5) is 0 Å². The Kier molecular flexibility index (Phi) is 3.54. The first-order chi connectivity index (χ1) is 11.6. The van der Waals surface area contributed by atoms with Crippen LogP contribution in [0.1, 0.15) is 16.1 Å². The van der Waals surface area contributed by atoms with Crippen molar-refractivity contribution in [3.63, 3.8) is 0 Å². The second kappa shape index (κ2) is 5.72. The van der Waals surface area contributed by atoms with Gasteiger partial charge in [-0.05, 0) is 43.2 Å². The summed E-state index contributed by atoms with van der Waals surface area (Å²) in [6.07, 6.45) is 0. The van der Waals surface area contributed by atoms with Crippen molar-refractivity contribution in [1.29, 1.82) is 0 Å². The van der Waals surface area contributed by atoms with Gasteiger partial charge in [0.05, 0.1) is 10.9 Å². The maximum Gasteiger partial charge on any atom is 0.283 e. The zero-order valence-corrected chi connectivity index (χ0v) is 14.1. The van der Waals surface area contributed by atoms with Crippen molar-refractivity contribution in [2.45, 2.75) is 20.5 Å². The first kappa shape index (κ1) is 14.8. The van der Waals surface area contributed by atoms with Gasteiger partial charge < -0.3 is 4.74 Å². The second-order valence-corrected chi connectivity index (χ2v) is 6.65. The normalized spacial score (nSPS) is 11.2. The van der Waals surface area contributed by atoms with Crippen LogP contribution in [0.25, 0.3) is 15.9 Å². The minimum Gasteiger partial charge on any atom is -0.486 e. The standard InChI is InChI=1S/C18H15N3O2S/c1-11-6-5-9-15(12(11)2)23-10-16-20-21-17(22)13-7-3-4-8-14(13)19-18(21)24-16/h3-9H,10H2,1-2H3. The third kappa shape index (κ3) is 2.45. The molecule has 2 heterocycles. The monoisotopic (exact) mass is 337 g/mol. The molecule has 0 fully saturated rings. The molecule has 4 aromatic rings. The predicted octanol–water partition coefficient (Wildman–Crippen LogP) is 3.50. The summed E-state index contributed by atoms with van der Waals surface area (Å²) in [6, 6.07) is 13.3. The Morgan fingerprint density at radius 2 is 1.96 bits per heavy atom. The van der Waals surface area contributed by atoms with Gasteiger partial charge in [-0.1, -0.05) is 35.6 Å². The van der Waals surface area contributed by atoms with Crippen LogP contribution in [0.15, 0.2) is 47.3 Å². The zero-order valence-electron chi connectivity index (χ0n) is 13.3. The van der Waals surface area contributed by atoms with Crippen molar-refractivity contribution >= 4 is 27.2 Å². The Hall–Kier alpha value is -2.73. The van der Waals surface area contributed by atoms with E-state index >= 15 is 0 Å². The molecule has 120 valence electrons. The number of ether oxygens (including phenoxy) is 1. The molecule has 0 aliphatic carbocycles. The van der Waals surface area contributed by atoms with E-state index in [1.807, 2.05) is 37.3 Å². The number of hydrogen-bond acceptors (Lipinski definition) is 5. The molecule has 24 heavy (non-hydrogen) atoms. The van der Waals surface area contributed by atoms with Crippen LogP contribution < -0.4 is 10.3 Å². The average Bonchev–Trinajstić information content (AvgIpc) is 3.00. The molecular formula is C18H15N3O2S. The summed E-state index contributed by atoms with van der Waals surface area (Å²) in [7, 11) is 0. The molecule has 6 heteroatoms. The lowest BCUT2D eigenvalue weighted by atomic mass is 10.1. The van der Waals surface area contributed by atoms with Crippen molar-refractivity contribution in [2.75, 3.05) is 0 Å². The fourth-order valence-corrected chi connectivity index (χ4v) is 3.38. The molecule has 5 nitrogen and oxygen atoms in total. The molecule has 2 aromatic carbocycles. The molecule has 0 bridgehead atoms. The van der Waals surface area contributed by atoms with Crippen molar-refractivity contribution in [2.24, 2.45) is 0 Å². The van der Waals surface area contributed by atoms with Gasteiger partial charge in [-0.25, -0.2) is 4.98 Å². The summed E-state index contributed by atoms with van der Waals surface area (Å²) >= 11 is 1.37. The van der Waals surface area contributed by atoms with Gasteiger partial charge in [-0.15, -0.1) is 0 Å². The Bertz CT molecular complexity index is 1110. The number of para-hydroxylation sites is 1. The highest BCUT2D eigenvalue weighted by Gasteiger charge is 2.11. The number of hydrogen-bond donors (Lipinski definition) is 0. The average molecular weight is 337 g/mol. The molecule has 0 N–H and O–H groups in total. The lowest BCUT2D eigenvalue weighted by Gasteiger charge is -2.08. The third-order valence-corrected chi connectivity index (χ3v) is 4.93. The Morgan fingerprint density at radius 3 is 2.83 bits per heavy atom. The van der Waals surface area contributed by atoms with Crippen molar-refractivity contribution in [1.82, 2.24) is 14.6 Å². The smallest absolute Gasteiger partial charge is 0.283 e. The minimum atomic E-state index is -0.148. The van der Waals surface area contributed by atoms with Gasteiger partial charge in [-0.2, -0.15) is 9.61 Å². The van der Waals surface area contributed by atoms with Gasteiger partial charge in [0.15, 0.2) is 5.01 Å². The quantitative estimate of drug-likeness (QED) is 0.574.